The summed E-state index contributed by atoms with van der Waals surface area (Å²) in [6, 6.07) is 5.92. The van der Waals surface area contributed by atoms with Gasteiger partial charge in [0.1, 0.15) is 17.7 Å². The van der Waals surface area contributed by atoms with Gasteiger partial charge in [0.25, 0.3) is 0 Å². The molecule has 0 bridgehead atoms. The third-order valence-corrected chi connectivity index (χ3v) is 2.77. The quantitative estimate of drug-likeness (QED) is 0.648. The van der Waals surface area contributed by atoms with E-state index in [1.54, 1.807) is 6.92 Å². The summed E-state index contributed by atoms with van der Waals surface area (Å²) in [6.45, 7) is 6.61. The lowest BCUT2D eigenvalue weighted by atomic mass is 10.1. The highest BCUT2D eigenvalue weighted by molar-refractivity contribution is 6.30. The second kappa shape index (κ2) is 6.50. The van der Waals surface area contributed by atoms with Crippen molar-refractivity contribution in [1.82, 2.24) is 5.32 Å². The topological polar surface area (TPSA) is 38.3 Å². The molecule has 0 aromatic heterocycles. The van der Waals surface area contributed by atoms with Gasteiger partial charge in [0.05, 0.1) is 6.54 Å². The Kier molecular flexibility index (Phi) is 5.29. The fourth-order valence-corrected chi connectivity index (χ4v) is 1.43. The predicted octanol–water partition coefficient (Wildman–Crippen LogP) is 2.43. The third kappa shape index (κ3) is 4.27. The molecule has 0 spiro atoms. The van der Waals surface area contributed by atoms with Crippen molar-refractivity contribution in [3.63, 3.8) is 0 Å². The normalized spacial score (nSPS) is 12.0. The minimum absolute atomic E-state index is 0.170. The number of ether oxygens (including phenoxy) is 1. The largest absolute Gasteiger partial charge is 0.491 e. The lowest BCUT2D eigenvalue weighted by Crippen LogP contribution is -2.32. The molecule has 0 fully saturated rings. The predicted molar refractivity (Wildman–Crippen MR) is 69.7 cm³/mol. The molecular weight excluding hydrogens is 238 g/mol. The van der Waals surface area contributed by atoms with Gasteiger partial charge in [-0.3, -0.25) is 4.79 Å². The van der Waals surface area contributed by atoms with Gasteiger partial charge in [-0.05, 0) is 38.0 Å². The van der Waals surface area contributed by atoms with E-state index < -0.39 is 5.38 Å². The van der Waals surface area contributed by atoms with E-state index in [0.717, 1.165) is 11.3 Å². The van der Waals surface area contributed by atoms with Crippen molar-refractivity contribution >= 4 is 17.5 Å². The summed E-state index contributed by atoms with van der Waals surface area (Å²) >= 11 is 5.62. The summed E-state index contributed by atoms with van der Waals surface area (Å²) < 4.78 is 5.59. The molecule has 1 N–H and O–H groups in total. The summed E-state index contributed by atoms with van der Waals surface area (Å²) in [4.78, 5) is 11.2. The molecule has 1 unspecified atom stereocenters. The molecule has 1 rings (SSSR count). The molecule has 1 atom stereocenters. The van der Waals surface area contributed by atoms with E-state index >= 15 is 0 Å². The second-order valence-electron chi connectivity index (χ2n) is 3.95. The van der Waals surface area contributed by atoms with E-state index in [4.69, 9.17) is 16.3 Å². The number of halogens is 1. The van der Waals surface area contributed by atoms with Gasteiger partial charge < -0.3 is 10.1 Å². The molecule has 0 saturated carbocycles. The van der Waals surface area contributed by atoms with Crippen LogP contribution in [0.3, 0.4) is 0 Å². The Labute approximate surface area is 107 Å². The zero-order chi connectivity index (χ0) is 12.8. The number of benzene rings is 1. The van der Waals surface area contributed by atoms with Gasteiger partial charge in [0.2, 0.25) is 5.91 Å². The van der Waals surface area contributed by atoms with E-state index in [-0.39, 0.29) is 5.91 Å². The Bertz CT molecular complexity index is 391. The molecule has 0 saturated heterocycles. The van der Waals surface area contributed by atoms with Gasteiger partial charge in [-0.2, -0.15) is 0 Å². The standard InChI is InChI=1S/C13H18ClNO2/c1-9-5-4-6-12(10(9)2)17-8-7-15-13(16)11(3)14/h4-6,11H,7-8H2,1-3H3,(H,15,16). The van der Waals surface area contributed by atoms with Crippen LogP contribution in [0, 0.1) is 13.8 Å². The highest BCUT2D eigenvalue weighted by Gasteiger charge is 2.07. The minimum atomic E-state index is -0.504. The molecular formula is C13H18ClNO2. The molecule has 0 aliphatic carbocycles. The Morgan fingerprint density at radius 3 is 2.82 bits per heavy atom. The van der Waals surface area contributed by atoms with Gasteiger partial charge >= 0.3 is 0 Å². The molecule has 1 amide bonds. The second-order valence-corrected chi connectivity index (χ2v) is 4.61. The summed E-state index contributed by atoms with van der Waals surface area (Å²) in [5, 5.41) is 2.19. The fraction of sp³-hybridized carbons (Fsp3) is 0.462. The zero-order valence-electron chi connectivity index (χ0n) is 10.4. The lowest BCUT2D eigenvalue weighted by Gasteiger charge is -2.11. The average molecular weight is 256 g/mol. The first-order valence-corrected chi connectivity index (χ1v) is 6.07. The third-order valence-electron chi connectivity index (χ3n) is 2.58. The van der Waals surface area contributed by atoms with Crippen LogP contribution in [0.25, 0.3) is 0 Å². The van der Waals surface area contributed by atoms with Crippen LogP contribution in [0.15, 0.2) is 18.2 Å². The summed E-state index contributed by atoms with van der Waals surface area (Å²) in [5.74, 6) is 0.689. The molecule has 4 heteroatoms. The van der Waals surface area contributed by atoms with Gasteiger partial charge in [-0.25, -0.2) is 0 Å². The van der Waals surface area contributed by atoms with Crippen LogP contribution in [0.4, 0.5) is 0 Å². The van der Waals surface area contributed by atoms with Gasteiger partial charge in [-0.15, -0.1) is 11.6 Å². The fourth-order valence-electron chi connectivity index (χ4n) is 1.36. The molecule has 1 aromatic rings. The maximum atomic E-state index is 11.2. The monoisotopic (exact) mass is 255 g/mol. The van der Waals surface area contributed by atoms with Crippen LogP contribution in [0.5, 0.6) is 5.75 Å². The smallest absolute Gasteiger partial charge is 0.237 e. The van der Waals surface area contributed by atoms with Crippen molar-refractivity contribution in [3.05, 3.63) is 29.3 Å². The van der Waals surface area contributed by atoms with Crippen molar-refractivity contribution < 1.29 is 9.53 Å². The maximum Gasteiger partial charge on any atom is 0.237 e. The first-order chi connectivity index (χ1) is 8.02. The van der Waals surface area contributed by atoms with Crippen molar-refractivity contribution in [3.8, 4) is 5.75 Å². The van der Waals surface area contributed by atoms with E-state index in [9.17, 15) is 4.79 Å². The van der Waals surface area contributed by atoms with Gasteiger partial charge in [0, 0.05) is 0 Å². The first kappa shape index (κ1) is 13.8. The van der Waals surface area contributed by atoms with Crippen LogP contribution in [0.1, 0.15) is 18.1 Å². The molecule has 3 nitrogen and oxygen atoms in total. The van der Waals surface area contributed by atoms with E-state index in [1.807, 2.05) is 32.0 Å². The van der Waals surface area contributed by atoms with Crippen molar-refractivity contribution in [2.45, 2.75) is 26.1 Å². The number of hydrogen-bond acceptors (Lipinski definition) is 2. The molecule has 0 aliphatic rings. The summed E-state index contributed by atoms with van der Waals surface area (Å²) in [5.41, 5.74) is 2.32. The number of carbonyl (C=O) groups is 1. The van der Waals surface area contributed by atoms with Gasteiger partial charge in [-0.1, -0.05) is 12.1 Å². The van der Waals surface area contributed by atoms with Crippen LogP contribution >= 0.6 is 11.6 Å². The molecule has 94 valence electrons. The summed E-state index contributed by atoms with van der Waals surface area (Å²) in [6.07, 6.45) is 0. The maximum absolute atomic E-state index is 11.2. The zero-order valence-corrected chi connectivity index (χ0v) is 11.2. The molecule has 0 heterocycles. The molecule has 0 radical (unpaired) electrons. The average Bonchev–Trinajstić information content (AvgIpc) is 2.29. The highest BCUT2D eigenvalue weighted by atomic mass is 35.5. The number of carbonyl (C=O) groups excluding carboxylic acids is 1. The molecule has 0 aliphatic heterocycles. The Morgan fingerprint density at radius 2 is 2.18 bits per heavy atom. The number of aryl methyl sites for hydroxylation is 1. The molecule has 17 heavy (non-hydrogen) atoms. The summed E-state index contributed by atoms with van der Waals surface area (Å²) in [7, 11) is 0. The van der Waals surface area contributed by atoms with Gasteiger partial charge in [0.15, 0.2) is 0 Å². The van der Waals surface area contributed by atoms with E-state index in [2.05, 4.69) is 5.32 Å². The number of rotatable bonds is 5. The SMILES string of the molecule is Cc1cccc(OCCNC(=O)C(C)Cl)c1C. The first-order valence-electron chi connectivity index (χ1n) is 5.63. The number of amides is 1. The van der Waals surface area contributed by atoms with E-state index in [1.165, 1.54) is 5.56 Å². The van der Waals surface area contributed by atoms with E-state index in [0.29, 0.717) is 13.2 Å². The van der Waals surface area contributed by atoms with Crippen molar-refractivity contribution in [2.24, 2.45) is 0 Å². The number of hydrogen-bond donors (Lipinski definition) is 1. The number of nitrogens with one attached hydrogen (secondary N) is 1. The van der Waals surface area contributed by atoms with Crippen molar-refractivity contribution in [1.29, 1.82) is 0 Å². The van der Waals surface area contributed by atoms with Crippen LogP contribution in [-0.4, -0.2) is 24.4 Å². The number of alkyl halides is 1. The van der Waals surface area contributed by atoms with Crippen LogP contribution in [0.2, 0.25) is 0 Å². The Morgan fingerprint density at radius 1 is 1.47 bits per heavy atom. The lowest BCUT2D eigenvalue weighted by molar-refractivity contribution is -0.120. The van der Waals surface area contributed by atoms with Crippen LogP contribution in [-0.2, 0) is 4.79 Å². The Balaban J connectivity index is 2.36. The van der Waals surface area contributed by atoms with Crippen molar-refractivity contribution in [2.75, 3.05) is 13.2 Å². The molecule has 1 aromatic carbocycles. The Hall–Kier alpha value is -1.22. The van der Waals surface area contributed by atoms with Crippen LogP contribution < -0.4 is 10.1 Å². The minimum Gasteiger partial charge on any atom is -0.491 e. The highest BCUT2D eigenvalue weighted by Crippen LogP contribution is 2.20.